The average Bonchev–Trinajstić information content (AvgIpc) is 2.84. The van der Waals surface area contributed by atoms with Gasteiger partial charge in [-0.1, -0.05) is 30.3 Å². The summed E-state index contributed by atoms with van der Waals surface area (Å²) < 4.78 is 28.4. The first-order valence-corrected chi connectivity index (χ1v) is 8.89. The van der Waals surface area contributed by atoms with Crippen molar-refractivity contribution in [3.8, 4) is 5.75 Å². The van der Waals surface area contributed by atoms with Crippen molar-refractivity contribution in [2.45, 2.75) is 19.0 Å². The Morgan fingerprint density at radius 2 is 1.95 bits per heavy atom. The average molecular weight is 305 g/mol. The second kappa shape index (κ2) is 5.66. The lowest BCUT2D eigenvalue weighted by molar-refractivity contribution is 0.419. The van der Waals surface area contributed by atoms with Crippen molar-refractivity contribution in [2.24, 2.45) is 0 Å². The number of rotatable bonds is 4. The molecule has 0 aliphatic carbocycles. The van der Waals surface area contributed by atoms with Gasteiger partial charge >= 0.3 is 0 Å². The number of benzene rings is 2. The van der Waals surface area contributed by atoms with Crippen LogP contribution < -0.4 is 10.1 Å². The van der Waals surface area contributed by atoms with Crippen molar-refractivity contribution >= 4 is 20.6 Å². The standard InChI is InChI=1S/C16H19NO3S/c1-20-16-7-6-12(14-4-2-3-5-15(14)16)10-17-13-8-9-21(18,19)11-13/h2-7,13,17H,8-11H2,1H3/t13-/m0/s1. The third-order valence-corrected chi connectivity index (χ3v) is 5.78. The van der Waals surface area contributed by atoms with Gasteiger partial charge in [-0.05, 0) is 23.4 Å². The van der Waals surface area contributed by atoms with Crippen LogP contribution in [0.25, 0.3) is 10.8 Å². The van der Waals surface area contributed by atoms with Gasteiger partial charge in [-0.15, -0.1) is 0 Å². The summed E-state index contributed by atoms with van der Waals surface area (Å²) >= 11 is 0. The maximum atomic E-state index is 11.5. The highest BCUT2D eigenvalue weighted by Crippen LogP contribution is 2.28. The summed E-state index contributed by atoms with van der Waals surface area (Å²) in [5.74, 6) is 1.41. The van der Waals surface area contributed by atoms with Gasteiger partial charge in [0.05, 0.1) is 18.6 Å². The van der Waals surface area contributed by atoms with Crippen molar-refractivity contribution in [1.82, 2.24) is 5.32 Å². The molecule has 3 rings (SSSR count). The van der Waals surface area contributed by atoms with Crippen LogP contribution in [0.15, 0.2) is 36.4 Å². The van der Waals surface area contributed by atoms with Crippen LogP contribution in [0.5, 0.6) is 5.75 Å². The van der Waals surface area contributed by atoms with E-state index < -0.39 is 9.84 Å². The molecule has 21 heavy (non-hydrogen) atoms. The van der Waals surface area contributed by atoms with Gasteiger partial charge in [-0.25, -0.2) is 8.42 Å². The fourth-order valence-electron chi connectivity index (χ4n) is 2.88. The summed E-state index contributed by atoms with van der Waals surface area (Å²) in [5.41, 5.74) is 1.16. The third-order valence-electron chi connectivity index (χ3n) is 4.01. The van der Waals surface area contributed by atoms with Crippen LogP contribution in [0.2, 0.25) is 0 Å². The summed E-state index contributed by atoms with van der Waals surface area (Å²) in [4.78, 5) is 0. The van der Waals surface area contributed by atoms with E-state index in [1.165, 1.54) is 0 Å². The molecule has 1 heterocycles. The predicted octanol–water partition coefficient (Wildman–Crippen LogP) is 2.13. The third kappa shape index (κ3) is 3.04. The van der Waals surface area contributed by atoms with E-state index in [1.807, 2.05) is 30.3 Å². The topological polar surface area (TPSA) is 55.4 Å². The molecule has 1 atom stereocenters. The lowest BCUT2D eigenvalue weighted by Gasteiger charge is -2.14. The van der Waals surface area contributed by atoms with Crippen LogP contribution in [0, 0.1) is 0 Å². The molecule has 0 unspecified atom stereocenters. The number of hydrogen-bond acceptors (Lipinski definition) is 4. The van der Waals surface area contributed by atoms with Crippen molar-refractivity contribution in [1.29, 1.82) is 0 Å². The lowest BCUT2D eigenvalue weighted by atomic mass is 10.0. The Morgan fingerprint density at radius 1 is 1.19 bits per heavy atom. The van der Waals surface area contributed by atoms with Gasteiger partial charge < -0.3 is 10.1 Å². The Hall–Kier alpha value is -1.59. The van der Waals surface area contributed by atoms with Gasteiger partial charge in [0.15, 0.2) is 9.84 Å². The summed E-state index contributed by atoms with van der Waals surface area (Å²) in [6, 6.07) is 12.2. The van der Waals surface area contributed by atoms with E-state index in [4.69, 9.17) is 4.74 Å². The molecule has 2 aromatic rings. The van der Waals surface area contributed by atoms with E-state index in [9.17, 15) is 8.42 Å². The normalized spacial score (nSPS) is 20.7. The minimum Gasteiger partial charge on any atom is -0.496 e. The molecule has 0 bridgehead atoms. The van der Waals surface area contributed by atoms with Crippen LogP contribution in [-0.4, -0.2) is 33.1 Å². The SMILES string of the molecule is COc1ccc(CN[C@H]2CCS(=O)(=O)C2)c2ccccc12. The van der Waals surface area contributed by atoms with Crippen LogP contribution in [0.3, 0.4) is 0 Å². The van der Waals surface area contributed by atoms with Gasteiger partial charge in [-0.3, -0.25) is 0 Å². The maximum Gasteiger partial charge on any atom is 0.151 e. The van der Waals surface area contributed by atoms with E-state index in [0.717, 1.165) is 22.1 Å². The Labute approximate surface area is 125 Å². The zero-order valence-electron chi connectivity index (χ0n) is 12.0. The fraction of sp³-hybridized carbons (Fsp3) is 0.375. The molecule has 1 N–H and O–H groups in total. The first kappa shape index (κ1) is 14.4. The minimum absolute atomic E-state index is 0.0656. The summed E-state index contributed by atoms with van der Waals surface area (Å²) in [6.07, 6.45) is 0.705. The molecule has 1 saturated heterocycles. The second-order valence-electron chi connectivity index (χ2n) is 5.45. The van der Waals surface area contributed by atoms with Crippen molar-refractivity contribution < 1.29 is 13.2 Å². The molecule has 4 nitrogen and oxygen atoms in total. The van der Waals surface area contributed by atoms with Crippen LogP contribution in [0.1, 0.15) is 12.0 Å². The highest BCUT2D eigenvalue weighted by atomic mass is 32.2. The number of fused-ring (bicyclic) bond motifs is 1. The monoisotopic (exact) mass is 305 g/mol. The highest BCUT2D eigenvalue weighted by molar-refractivity contribution is 7.91. The molecule has 0 spiro atoms. The van der Waals surface area contributed by atoms with E-state index >= 15 is 0 Å². The number of methoxy groups -OCH3 is 1. The van der Waals surface area contributed by atoms with Crippen LogP contribution >= 0.6 is 0 Å². The molecule has 0 amide bonds. The number of nitrogens with one attached hydrogen (secondary N) is 1. The second-order valence-corrected chi connectivity index (χ2v) is 7.68. The minimum atomic E-state index is -2.84. The molecular formula is C16H19NO3S. The summed E-state index contributed by atoms with van der Waals surface area (Å²) in [7, 11) is -1.17. The highest BCUT2D eigenvalue weighted by Gasteiger charge is 2.27. The van der Waals surface area contributed by atoms with Crippen LogP contribution in [-0.2, 0) is 16.4 Å². The van der Waals surface area contributed by atoms with Crippen LogP contribution in [0.4, 0.5) is 0 Å². The van der Waals surface area contributed by atoms with Gasteiger partial charge in [0.2, 0.25) is 0 Å². The number of ether oxygens (including phenoxy) is 1. The van der Waals surface area contributed by atoms with Crippen molar-refractivity contribution in [2.75, 3.05) is 18.6 Å². The first-order valence-electron chi connectivity index (χ1n) is 7.07. The molecule has 1 aliphatic heterocycles. The van der Waals surface area contributed by atoms with E-state index in [-0.39, 0.29) is 11.8 Å². The summed E-state index contributed by atoms with van der Waals surface area (Å²) in [6.45, 7) is 0.671. The van der Waals surface area contributed by atoms with Gasteiger partial charge in [0, 0.05) is 18.0 Å². The fourth-order valence-corrected chi connectivity index (χ4v) is 4.58. The first-order chi connectivity index (χ1) is 10.1. The predicted molar refractivity (Wildman–Crippen MR) is 84.4 cm³/mol. The van der Waals surface area contributed by atoms with Gasteiger partial charge in [-0.2, -0.15) is 0 Å². The van der Waals surface area contributed by atoms with E-state index in [0.29, 0.717) is 18.7 Å². The molecular weight excluding hydrogens is 286 g/mol. The van der Waals surface area contributed by atoms with Gasteiger partial charge in [0.1, 0.15) is 5.75 Å². The number of hydrogen-bond donors (Lipinski definition) is 1. The number of sulfone groups is 1. The zero-order chi connectivity index (χ0) is 14.9. The van der Waals surface area contributed by atoms with Crippen molar-refractivity contribution in [3.05, 3.63) is 42.0 Å². The molecule has 0 saturated carbocycles. The maximum absolute atomic E-state index is 11.5. The zero-order valence-corrected chi connectivity index (χ0v) is 12.8. The molecule has 1 aliphatic rings. The lowest BCUT2D eigenvalue weighted by Crippen LogP contribution is -2.29. The smallest absolute Gasteiger partial charge is 0.151 e. The molecule has 0 radical (unpaired) electrons. The molecule has 1 fully saturated rings. The largest absolute Gasteiger partial charge is 0.496 e. The molecule has 0 aromatic heterocycles. The van der Waals surface area contributed by atoms with E-state index in [2.05, 4.69) is 11.4 Å². The Morgan fingerprint density at radius 3 is 2.62 bits per heavy atom. The molecule has 112 valence electrons. The molecule has 2 aromatic carbocycles. The van der Waals surface area contributed by atoms with Gasteiger partial charge in [0.25, 0.3) is 0 Å². The van der Waals surface area contributed by atoms with Crippen molar-refractivity contribution in [3.63, 3.8) is 0 Å². The Balaban J connectivity index is 1.82. The Kier molecular flexibility index (Phi) is 3.87. The molecule has 5 heteroatoms. The summed E-state index contributed by atoms with van der Waals surface area (Å²) in [5, 5.41) is 5.59. The quantitative estimate of drug-likeness (QED) is 0.940. The Bertz CT molecular complexity index is 755. The van der Waals surface area contributed by atoms with E-state index in [1.54, 1.807) is 7.11 Å².